The number of hydrogen-bond acceptors (Lipinski definition) is 3. The molecule has 0 spiro atoms. The van der Waals surface area contributed by atoms with Crippen LogP contribution in [-0.4, -0.2) is 22.1 Å². The summed E-state index contributed by atoms with van der Waals surface area (Å²) >= 11 is 0. The summed E-state index contributed by atoms with van der Waals surface area (Å²) in [5.74, 6) is -0.287. The van der Waals surface area contributed by atoms with Crippen molar-refractivity contribution in [1.29, 1.82) is 0 Å². The Hall–Kier alpha value is -1.42. The zero-order valence-electron chi connectivity index (χ0n) is 10.5. The summed E-state index contributed by atoms with van der Waals surface area (Å²) in [4.78, 5) is 14.6. The summed E-state index contributed by atoms with van der Waals surface area (Å²) in [5, 5.41) is 12.3. The van der Waals surface area contributed by atoms with E-state index < -0.39 is 5.97 Å². The van der Waals surface area contributed by atoms with Crippen LogP contribution >= 0.6 is 0 Å². The van der Waals surface area contributed by atoms with Gasteiger partial charge >= 0.3 is 5.97 Å². The molecule has 1 heterocycles. The van der Waals surface area contributed by atoms with Gasteiger partial charge in [-0.2, -0.15) is 0 Å². The number of carbonyl (C=O) groups is 1. The maximum absolute atomic E-state index is 10.6. The molecule has 0 atom stereocenters. The quantitative estimate of drug-likeness (QED) is 0.838. The lowest BCUT2D eigenvalue weighted by Crippen LogP contribution is -2.33. The minimum atomic E-state index is -0.664. The van der Waals surface area contributed by atoms with E-state index in [0.717, 1.165) is 32.2 Å². The van der Waals surface area contributed by atoms with Gasteiger partial charge in [-0.25, -0.2) is 0 Å². The number of carboxylic acid groups (broad SMARTS) is 1. The Morgan fingerprint density at radius 3 is 2.56 bits per heavy atom. The first-order chi connectivity index (χ1) is 8.74. The number of aliphatic carboxylic acids is 1. The van der Waals surface area contributed by atoms with Crippen molar-refractivity contribution in [2.24, 2.45) is 5.92 Å². The van der Waals surface area contributed by atoms with Crippen molar-refractivity contribution in [1.82, 2.24) is 10.3 Å². The molecule has 0 unspecified atom stereocenters. The highest BCUT2D eigenvalue weighted by molar-refractivity contribution is 5.67. The van der Waals surface area contributed by atoms with Crippen LogP contribution < -0.4 is 5.32 Å². The molecule has 0 amide bonds. The third-order valence-electron chi connectivity index (χ3n) is 3.65. The normalized spacial score (nSPS) is 23.8. The van der Waals surface area contributed by atoms with E-state index in [1.54, 1.807) is 12.4 Å². The smallest absolute Gasteiger partial charge is 0.303 e. The number of rotatable bonds is 5. The largest absolute Gasteiger partial charge is 0.481 e. The van der Waals surface area contributed by atoms with Gasteiger partial charge in [-0.3, -0.25) is 9.78 Å². The molecule has 0 bridgehead atoms. The van der Waals surface area contributed by atoms with Crippen LogP contribution in [0.4, 0.5) is 0 Å². The number of aromatic nitrogens is 1. The van der Waals surface area contributed by atoms with Crippen molar-refractivity contribution in [3.63, 3.8) is 0 Å². The standard InChI is InChI=1S/C14H20N2O2/c17-14(18)9-11-1-3-13(4-2-11)16-10-12-5-7-15-8-6-12/h5-8,11,13,16H,1-4,9-10H2,(H,17,18). The first-order valence-electron chi connectivity index (χ1n) is 6.58. The maximum Gasteiger partial charge on any atom is 0.303 e. The van der Waals surface area contributed by atoms with Crippen LogP contribution in [0.15, 0.2) is 24.5 Å². The topological polar surface area (TPSA) is 62.2 Å². The highest BCUT2D eigenvalue weighted by atomic mass is 16.4. The Balaban J connectivity index is 1.69. The third-order valence-corrected chi connectivity index (χ3v) is 3.65. The molecule has 1 aromatic rings. The van der Waals surface area contributed by atoms with Gasteiger partial charge in [0.2, 0.25) is 0 Å². The summed E-state index contributed by atoms with van der Waals surface area (Å²) in [5.41, 5.74) is 1.25. The van der Waals surface area contributed by atoms with E-state index >= 15 is 0 Å². The van der Waals surface area contributed by atoms with E-state index in [1.807, 2.05) is 12.1 Å². The van der Waals surface area contributed by atoms with Crippen LogP contribution in [0, 0.1) is 5.92 Å². The molecule has 1 aliphatic carbocycles. The molecule has 1 fully saturated rings. The monoisotopic (exact) mass is 248 g/mol. The number of pyridine rings is 1. The van der Waals surface area contributed by atoms with Crippen molar-refractivity contribution in [2.45, 2.75) is 44.7 Å². The van der Waals surface area contributed by atoms with E-state index in [1.165, 1.54) is 5.56 Å². The van der Waals surface area contributed by atoms with Crippen LogP contribution in [0.5, 0.6) is 0 Å². The average Bonchev–Trinajstić information content (AvgIpc) is 2.38. The summed E-state index contributed by atoms with van der Waals surface area (Å²) in [7, 11) is 0. The molecule has 0 aromatic carbocycles. The second-order valence-electron chi connectivity index (χ2n) is 5.05. The van der Waals surface area contributed by atoms with E-state index in [0.29, 0.717) is 18.4 Å². The highest BCUT2D eigenvalue weighted by Gasteiger charge is 2.22. The number of carboxylic acids is 1. The van der Waals surface area contributed by atoms with Gasteiger partial charge in [-0.1, -0.05) is 0 Å². The SMILES string of the molecule is O=C(O)CC1CCC(NCc2ccncc2)CC1. The zero-order chi connectivity index (χ0) is 12.8. The first-order valence-corrected chi connectivity index (χ1v) is 6.58. The van der Waals surface area contributed by atoms with Crippen LogP contribution in [0.3, 0.4) is 0 Å². The number of nitrogens with zero attached hydrogens (tertiary/aromatic N) is 1. The van der Waals surface area contributed by atoms with Crippen molar-refractivity contribution < 1.29 is 9.90 Å². The minimum Gasteiger partial charge on any atom is -0.481 e. The second-order valence-corrected chi connectivity index (χ2v) is 5.05. The van der Waals surface area contributed by atoms with Gasteiger partial charge < -0.3 is 10.4 Å². The molecule has 4 nitrogen and oxygen atoms in total. The molecule has 1 aliphatic rings. The van der Waals surface area contributed by atoms with Crippen LogP contribution in [0.25, 0.3) is 0 Å². The molecular weight excluding hydrogens is 228 g/mol. The fourth-order valence-corrected chi connectivity index (χ4v) is 2.58. The summed E-state index contributed by atoms with van der Waals surface area (Å²) in [6.07, 6.45) is 8.17. The van der Waals surface area contributed by atoms with Gasteiger partial charge in [-0.05, 0) is 49.3 Å². The molecule has 1 saturated carbocycles. The lowest BCUT2D eigenvalue weighted by atomic mass is 9.84. The van der Waals surface area contributed by atoms with Gasteiger partial charge in [0.25, 0.3) is 0 Å². The molecule has 2 rings (SSSR count). The van der Waals surface area contributed by atoms with E-state index in [2.05, 4.69) is 10.3 Å². The Labute approximate surface area is 107 Å². The van der Waals surface area contributed by atoms with E-state index in [4.69, 9.17) is 5.11 Å². The van der Waals surface area contributed by atoms with E-state index in [9.17, 15) is 4.79 Å². The average molecular weight is 248 g/mol. The molecule has 18 heavy (non-hydrogen) atoms. The third kappa shape index (κ3) is 4.11. The zero-order valence-corrected chi connectivity index (χ0v) is 10.5. The fraction of sp³-hybridized carbons (Fsp3) is 0.571. The first kappa shape index (κ1) is 13.0. The van der Waals surface area contributed by atoms with Crippen LogP contribution in [-0.2, 0) is 11.3 Å². The van der Waals surface area contributed by atoms with E-state index in [-0.39, 0.29) is 0 Å². The highest BCUT2D eigenvalue weighted by Crippen LogP contribution is 2.26. The Kier molecular flexibility index (Phi) is 4.70. The van der Waals surface area contributed by atoms with Crippen molar-refractivity contribution in [2.75, 3.05) is 0 Å². The molecule has 4 heteroatoms. The molecule has 1 aromatic heterocycles. The van der Waals surface area contributed by atoms with Crippen LogP contribution in [0.2, 0.25) is 0 Å². The van der Waals surface area contributed by atoms with Crippen molar-refractivity contribution in [3.8, 4) is 0 Å². The lowest BCUT2D eigenvalue weighted by Gasteiger charge is -2.28. The Morgan fingerprint density at radius 2 is 1.94 bits per heavy atom. The van der Waals surface area contributed by atoms with Crippen molar-refractivity contribution in [3.05, 3.63) is 30.1 Å². The van der Waals surface area contributed by atoms with Gasteiger partial charge in [-0.15, -0.1) is 0 Å². The molecule has 0 radical (unpaired) electrons. The molecule has 98 valence electrons. The Morgan fingerprint density at radius 1 is 1.28 bits per heavy atom. The van der Waals surface area contributed by atoms with Gasteiger partial charge in [0, 0.05) is 31.4 Å². The van der Waals surface area contributed by atoms with Gasteiger partial charge in [0.15, 0.2) is 0 Å². The molecule has 2 N–H and O–H groups in total. The summed E-state index contributed by atoms with van der Waals surface area (Å²) in [6.45, 7) is 0.872. The predicted molar refractivity (Wildman–Crippen MR) is 69.1 cm³/mol. The van der Waals surface area contributed by atoms with Crippen LogP contribution in [0.1, 0.15) is 37.7 Å². The minimum absolute atomic E-state index is 0.330. The number of hydrogen-bond donors (Lipinski definition) is 2. The summed E-state index contributed by atoms with van der Waals surface area (Å²) < 4.78 is 0. The second kappa shape index (κ2) is 6.50. The number of nitrogens with one attached hydrogen (secondary N) is 1. The fourth-order valence-electron chi connectivity index (χ4n) is 2.58. The van der Waals surface area contributed by atoms with Gasteiger partial charge in [0.1, 0.15) is 0 Å². The summed E-state index contributed by atoms with van der Waals surface area (Å²) in [6, 6.07) is 4.56. The lowest BCUT2D eigenvalue weighted by molar-refractivity contribution is -0.138. The molecular formula is C14H20N2O2. The predicted octanol–water partition coefficient (Wildman–Crippen LogP) is 2.20. The van der Waals surface area contributed by atoms with Crippen molar-refractivity contribution >= 4 is 5.97 Å². The molecule has 0 aliphatic heterocycles. The van der Waals surface area contributed by atoms with Gasteiger partial charge in [0.05, 0.1) is 0 Å². The molecule has 0 saturated heterocycles. The maximum atomic E-state index is 10.6. The Bertz CT molecular complexity index is 373.